The van der Waals surface area contributed by atoms with Crippen LogP contribution in [0.15, 0.2) is 85.1 Å². The molecule has 0 aliphatic heterocycles. The Kier molecular flexibility index (Phi) is 7.60. The van der Waals surface area contributed by atoms with Crippen LogP contribution >= 0.6 is 0 Å². The summed E-state index contributed by atoms with van der Waals surface area (Å²) in [6, 6.07) is 25.9. The summed E-state index contributed by atoms with van der Waals surface area (Å²) >= 11 is 0. The zero-order chi connectivity index (χ0) is 23.8. The molecule has 0 atom stereocenters. The Morgan fingerprint density at radius 1 is 0.882 bits per heavy atom. The number of ether oxygens (including phenoxy) is 2. The number of hydrogen-bond acceptors (Lipinski definition) is 4. The molecule has 1 heterocycles. The minimum atomic E-state index is 0.0203. The lowest BCUT2D eigenvalue weighted by Gasteiger charge is -2.10. The number of nitrogens with zero attached hydrogens (tertiary/aromatic N) is 2. The number of methoxy groups -OCH3 is 2. The van der Waals surface area contributed by atoms with E-state index in [0.29, 0.717) is 37.3 Å². The van der Waals surface area contributed by atoms with Gasteiger partial charge in [-0.2, -0.15) is 5.10 Å². The summed E-state index contributed by atoms with van der Waals surface area (Å²) in [6.07, 6.45) is 3.74. The summed E-state index contributed by atoms with van der Waals surface area (Å²) < 4.78 is 12.5. The molecule has 4 aromatic rings. The average molecular weight is 456 g/mol. The van der Waals surface area contributed by atoms with Crippen molar-refractivity contribution in [1.82, 2.24) is 15.1 Å². The quantitative estimate of drug-likeness (QED) is 0.371. The monoisotopic (exact) mass is 455 g/mol. The van der Waals surface area contributed by atoms with Gasteiger partial charge in [-0.25, -0.2) is 4.68 Å². The molecule has 0 saturated heterocycles. The lowest BCUT2D eigenvalue weighted by Crippen LogP contribution is -2.25. The fraction of sp³-hybridized carbons (Fsp3) is 0.214. The lowest BCUT2D eigenvalue weighted by molar-refractivity contribution is -0.121. The van der Waals surface area contributed by atoms with Gasteiger partial charge in [-0.1, -0.05) is 54.6 Å². The summed E-state index contributed by atoms with van der Waals surface area (Å²) in [5.41, 5.74) is 5.06. The summed E-state index contributed by atoms with van der Waals surface area (Å²) in [6.45, 7) is 0.559. The number of carbonyl (C=O) groups excluding carboxylic acids is 1. The van der Waals surface area contributed by atoms with E-state index < -0.39 is 0 Å². The van der Waals surface area contributed by atoms with Crippen LogP contribution in [-0.2, 0) is 17.6 Å². The van der Waals surface area contributed by atoms with Crippen molar-refractivity contribution in [2.75, 3.05) is 20.8 Å². The van der Waals surface area contributed by atoms with Gasteiger partial charge in [0.25, 0.3) is 0 Å². The maximum Gasteiger partial charge on any atom is 0.220 e. The molecule has 6 nitrogen and oxygen atoms in total. The minimum Gasteiger partial charge on any atom is -0.493 e. The zero-order valence-corrected chi connectivity index (χ0v) is 19.5. The molecule has 0 fully saturated rings. The fourth-order valence-electron chi connectivity index (χ4n) is 3.86. The number of aromatic nitrogens is 2. The van der Waals surface area contributed by atoms with E-state index in [1.54, 1.807) is 14.2 Å². The Morgan fingerprint density at radius 2 is 1.59 bits per heavy atom. The molecule has 1 amide bonds. The van der Waals surface area contributed by atoms with Crippen molar-refractivity contribution >= 4 is 5.91 Å². The molecule has 4 rings (SSSR count). The van der Waals surface area contributed by atoms with Crippen LogP contribution in [0.1, 0.15) is 17.5 Å². The molecule has 1 aromatic heterocycles. The molecule has 0 radical (unpaired) electrons. The fourth-order valence-corrected chi connectivity index (χ4v) is 3.86. The second-order valence-corrected chi connectivity index (χ2v) is 7.94. The number of carbonyl (C=O) groups is 1. The first-order chi connectivity index (χ1) is 16.7. The first-order valence-corrected chi connectivity index (χ1v) is 11.3. The van der Waals surface area contributed by atoms with E-state index in [1.165, 1.54) is 0 Å². The lowest BCUT2D eigenvalue weighted by atomic mass is 10.0. The van der Waals surface area contributed by atoms with Crippen molar-refractivity contribution in [3.05, 3.63) is 96.2 Å². The van der Waals surface area contributed by atoms with Crippen LogP contribution < -0.4 is 14.8 Å². The molecule has 0 unspecified atom stereocenters. The Bertz CT molecular complexity index is 1220. The van der Waals surface area contributed by atoms with Gasteiger partial charge >= 0.3 is 0 Å². The van der Waals surface area contributed by atoms with Gasteiger partial charge in [0.15, 0.2) is 11.5 Å². The van der Waals surface area contributed by atoms with Crippen molar-refractivity contribution in [2.24, 2.45) is 0 Å². The van der Waals surface area contributed by atoms with Gasteiger partial charge in [0.05, 0.1) is 25.6 Å². The van der Waals surface area contributed by atoms with E-state index in [1.807, 2.05) is 89.7 Å². The van der Waals surface area contributed by atoms with Crippen molar-refractivity contribution in [2.45, 2.75) is 19.3 Å². The molecular weight excluding hydrogens is 426 g/mol. The van der Waals surface area contributed by atoms with E-state index in [-0.39, 0.29) is 5.91 Å². The van der Waals surface area contributed by atoms with Crippen LogP contribution in [-0.4, -0.2) is 36.5 Å². The van der Waals surface area contributed by atoms with Gasteiger partial charge in [-0.15, -0.1) is 0 Å². The van der Waals surface area contributed by atoms with Gasteiger partial charge in [0, 0.05) is 24.7 Å². The van der Waals surface area contributed by atoms with Gasteiger partial charge in [0.2, 0.25) is 5.91 Å². The SMILES string of the molecule is COc1ccc(CCNC(=O)CCc2cn(-c3ccccc3)nc2-c2ccccc2)cc1OC. The van der Waals surface area contributed by atoms with Crippen LogP contribution in [0.25, 0.3) is 16.9 Å². The molecule has 0 bridgehead atoms. The summed E-state index contributed by atoms with van der Waals surface area (Å²) in [5, 5.41) is 7.85. The van der Waals surface area contributed by atoms with E-state index in [0.717, 1.165) is 28.1 Å². The summed E-state index contributed by atoms with van der Waals surface area (Å²) in [4.78, 5) is 12.6. The van der Waals surface area contributed by atoms with Crippen LogP contribution in [0.2, 0.25) is 0 Å². The maximum atomic E-state index is 12.6. The highest BCUT2D eigenvalue weighted by atomic mass is 16.5. The summed E-state index contributed by atoms with van der Waals surface area (Å²) in [7, 11) is 3.23. The van der Waals surface area contributed by atoms with Crippen molar-refractivity contribution in [3.63, 3.8) is 0 Å². The molecule has 34 heavy (non-hydrogen) atoms. The second-order valence-electron chi connectivity index (χ2n) is 7.94. The third kappa shape index (κ3) is 5.64. The van der Waals surface area contributed by atoms with Gasteiger partial charge in [-0.05, 0) is 48.2 Å². The standard InChI is InChI=1S/C28H29N3O3/c1-33-25-15-13-21(19-26(25)34-2)17-18-29-27(32)16-14-23-20-31(24-11-7-4-8-12-24)30-28(23)22-9-5-3-6-10-22/h3-13,15,19-20H,14,16-18H2,1-2H3,(H,29,32). The van der Waals surface area contributed by atoms with Crippen molar-refractivity contribution in [3.8, 4) is 28.4 Å². The van der Waals surface area contributed by atoms with E-state index >= 15 is 0 Å². The number of para-hydroxylation sites is 1. The number of hydrogen-bond donors (Lipinski definition) is 1. The number of aryl methyl sites for hydroxylation is 1. The Morgan fingerprint density at radius 3 is 2.29 bits per heavy atom. The highest BCUT2D eigenvalue weighted by molar-refractivity contribution is 5.76. The third-order valence-corrected chi connectivity index (χ3v) is 5.66. The molecular formula is C28H29N3O3. The predicted molar refractivity (Wildman–Crippen MR) is 134 cm³/mol. The van der Waals surface area contributed by atoms with Gasteiger partial charge < -0.3 is 14.8 Å². The van der Waals surface area contributed by atoms with E-state index in [4.69, 9.17) is 14.6 Å². The summed E-state index contributed by atoms with van der Waals surface area (Å²) in [5.74, 6) is 1.41. The van der Waals surface area contributed by atoms with E-state index in [2.05, 4.69) is 5.32 Å². The zero-order valence-electron chi connectivity index (χ0n) is 19.5. The molecule has 174 valence electrons. The third-order valence-electron chi connectivity index (χ3n) is 5.66. The molecule has 3 aromatic carbocycles. The molecule has 0 aliphatic rings. The Hall–Kier alpha value is -4.06. The molecule has 0 aliphatic carbocycles. The highest BCUT2D eigenvalue weighted by Crippen LogP contribution is 2.28. The number of nitrogens with one attached hydrogen (secondary N) is 1. The number of rotatable bonds is 10. The van der Waals surface area contributed by atoms with Crippen LogP contribution in [0, 0.1) is 0 Å². The largest absolute Gasteiger partial charge is 0.493 e. The predicted octanol–water partition coefficient (Wildman–Crippen LogP) is 4.85. The van der Waals surface area contributed by atoms with Crippen LogP contribution in [0.3, 0.4) is 0 Å². The maximum absolute atomic E-state index is 12.6. The smallest absolute Gasteiger partial charge is 0.220 e. The molecule has 0 spiro atoms. The molecule has 1 N–H and O–H groups in total. The minimum absolute atomic E-state index is 0.0203. The van der Waals surface area contributed by atoms with E-state index in [9.17, 15) is 4.79 Å². The highest BCUT2D eigenvalue weighted by Gasteiger charge is 2.14. The topological polar surface area (TPSA) is 65.4 Å². The number of benzene rings is 3. The van der Waals surface area contributed by atoms with Gasteiger partial charge in [-0.3, -0.25) is 4.79 Å². The Labute approximate surface area is 200 Å². The van der Waals surface area contributed by atoms with Crippen molar-refractivity contribution < 1.29 is 14.3 Å². The Balaban J connectivity index is 1.39. The molecule has 6 heteroatoms. The first-order valence-electron chi connectivity index (χ1n) is 11.3. The molecule has 0 saturated carbocycles. The second kappa shape index (κ2) is 11.2. The number of amides is 1. The van der Waals surface area contributed by atoms with Crippen LogP contribution in [0.5, 0.6) is 11.5 Å². The first kappa shape index (κ1) is 23.1. The normalized spacial score (nSPS) is 10.6. The van der Waals surface area contributed by atoms with Crippen LogP contribution in [0.4, 0.5) is 0 Å². The average Bonchev–Trinajstić information content (AvgIpc) is 3.33. The van der Waals surface area contributed by atoms with Gasteiger partial charge in [0.1, 0.15) is 0 Å². The van der Waals surface area contributed by atoms with Crippen molar-refractivity contribution in [1.29, 1.82) is 0 Å².